The summed E-state index contributed by atoms with van der Waals surface area (Å²) < 4.78 is 16.7. The minimum Gasteiger partial charge on any atom is -0.502 e. The van der Waals surface area contributed by atoms with Crippen molar-refractivity contribution >= 4 is 28.1 Å². The maximum absolute atomic E-state index is 11.9. The second-order valence-electron chi connectivity index (χ2n) is 5.72. The number of nitrogens with zero attached hydrogens (tertiary/aromatic N) is 1. The van der Waals surface area contributed by atoms with Crippen molar-refractivity contribution in [3.8, 4) is 23.0 Å². The van der Waals surface area contributed by atoms with Gasteiger partial charge in [0.1, 0.15) is 5.75 Å². The van der Waals surface area contributed by atoms with Gasteiger partial charge in [0.2, 0.25) is 5.75 Å². The average Bonchev–Trinajstić information content (AvgIpc) is 2.61. The van der Waals surface area contributed by atoms with Crippen LogP contribution in [0, 0.1) is 13.8 Å². The summed E-state index contributed by atoms with van der Waals surface area (Å²) >= 11 is 3.42. The Morgan fingerprint density at radius 1 is 1.15 bits per heavy atom. The first kappa shape index (κ1) is 20.6. The Labute approximate surface area is 166 Å². The molecule has 0 saturated carbocycles. The second kappa shape index (κ2) is 9.27. The van der Waals surface area contributed by atoms with Gasteiger partial charge >= 0.3 is 0 Å². The lowest BCUT2D eigenvalue weighted by molar-refractivity contribution is -0.123. The summed E-state index contributed by atoms with van der Waals surface area (Å²) in [5.74, 6) is 0.657. The number of amides is 1. The van der Waals surface area contributed by atoms with Crippen LogP contribution in [-0.2, 0) is 4.79 Å². The quantitative estimate of drug-likeness (QED) is 0.513. The predicted octanol–water partition coefficient (Wildman–Crippen LogP) is 3.32. The van der Waals surface area contributed by atoms with E-state index in [1.54, 1.807) is 12.1 Å². The maximum atomic E-state index is 11.9. The number of ether oxygens (including phenoxy) is 3. The Hall–Kier alpha value is -2.74. The molecule has 0 heterocycles. The Morgan fingerprint density at radius 3 is 2.22 bits per heavy atom. The Morgan fingerprint density at radius 2 is 1.70 bits per heavy atom. The largest absolute Gasteiger partial charge is 0.502 e. The van der Waals surface area contributed by atoms with Gasteiger partial charge in [0.15, 0.2) is 18.1 Å². The zero-order valence-corrected chi connectivity index (χ0v) is 17.1. The number of carbonyl (C=O) groups excluding carboxylic acids is 1. The topological polar surface area (TPSA) is 89.4 Å². The molecule has 0 fully saturated rings. The SMILES string of the molecule is COc1cc(C=NNC(=O)COc2c(C)cc(Br)cc2C)cc(OC)c1O. The molecule has 2 aromatic carbocycles. The molecule has 0 unspecified atom stereocenters. The maximum Gasteiger partial charge on any atom is 0.277 e. The lowest BCUT2D eigenvalue weighted by Crippen LogP contribution is -2.25. The molecule has 1 amide bonds. The Balaban J connectivity index is 1.98. The highest BCUT2D eigenvalue weighted by Gasteiger charge is 2.11. The van der Waals surface area contributed by atoms with Gasteiger partial charge in [-0.3, -0.25) is 4.79 Å². The van der Waals surface area contributed by atoms with Crippen LogP contribution in [0.1, 0.15) is 16.7 Å². The molecule has 2 N–H and O–H groups in total. The number of benzene rings is 2. The van der Waals surface area contributed by atoms with E-state index in [0.29, 0.717) is 11.3 Å². The van der Waals surface area contributed by atoms with Gasteiger partial charge in [-0.05, 0) is 49.2 Å². The van der Waals surface area contributed by atoms with Crippen molar-refractivity contribution in [3.05, 3.63) is 45.4 Å². The summed E-state index contributed by atoms with van der Waals surface area (Å²) in [6, 6.07) is 6.98. The molecule has 144 valence electrons. The number of nitrogens with one attached hydrogen (secondary N) is 1. The molecule has 2 rings (SSSR count). The van der Waals surface area contributed by atoms with Crippen molar-refractivity contribution in [2.75, 3.05) is 20.8 Å². The number of phenolic OH excluding ortho intramolecular Hbond substituents is 1. The monoisotopic (exact) mass is 436 g/mol. The number of aryl methyl sites for hydroxylation is 2. The number of halogens is 1. The van der Waals surface area contributed by atoms with Crippen LogP contribution in [0.2, 0.25) is 0 Å². The van der Waals surface area contributed by atoms with Crippen molar-refractivity contribution in [1.29, 1.82) is 0 Å². The fraction of sp³-hybridized carbons (Fsp3) is 0.263. The molecule has 0 bridgehead atoms. The zero-order chi connectivity index (χ0) is 20.0. The molecule has 0 aliphatic carbocycles. The number of hydrogen-bond donors (Lipinski definition) is 2. The van der Waals surface area contributed by atoms with Crippen molar-refractivity contribution in [2.45, 2.75) is 13.8 Å². The van der Waals surface area contributed by atoms with Gasteiger partial charge in [-0.2, -0.15) is 5.10 Å². The van der Waals surface area contributed by atoms with E-state index in [4.69, 9.17) is 14.2 Å². The van der Waals surface area contributed by atoms with E-state index in [1.807, 2.05) is 26.0 Å². The van der Waals surface area contributed by atoms with E-state index in [0.717, 1.165) is 15.6 Å². The number of phenols is 1. The minimum atomic E-state index is -0.398. The molecule has 0 aliphatic rings. The normalized spacial score (nSPS) is 10.7. The molecular formula is C19H21BrN2O5. The Kier molecular flexibility index (Phi) is 7.06. The first-order chi connectivity index (χ1) is 12.8. The smallest absolute Gasteiger partial charge is 0.277 e. The number of methoxy groups -OCH3 is 2. The van der Waals surface area contributed by atoms with E-state index < -0.39 is 5.91 Å². The first-order valence-corrected chi connectivity index (χ1v) is 8.81. The molecule has 8 heteroatoms. The summed E-state index contributed by atoms with van der Waals surface area (Å²) in [5.41, 5.74) is 4.84. The van der Waals surface area contributed by atoms with E-state index in [9.17, 15) is 9.90 Å². The second-order valence-corrected chi connectivity index (χ2v) is 6.64. The summed E-state index contributed by atoms with van der Waals surface area (Å²) in [5, 5.41) is 13.8. The van der Waals surface area contributed by atoms with E-state index in [-0.39, 0.29) is 23.9 Å². The lowest BCUT2D eigenvalue weighted by Gasteiger charge is -2.12. The number of aromatic hydroxyl groups is 1. The minimum absolute atomic E-state index is 0.102. The predicted molar refractivity (Wildman–Crippen MR) is 106 cm³/mol. The third kappa shape index (κ3) is 5.37. The fourth-order valence-electron chi connectivity index (χ4n) is 2.46. The zero-order valence-electron chi connectivity index (χ0n) is 15.5. The van der Waals surface area contributed by atoms with Crippen LogP contribution in [0.4, 0.5) is 0 Å². The van der Waals surface area contributed by atoms with Crippen LogP contribution >= 0.6 is 15.9 Å². The highest BCUT2D eigenvalue weighted by atomic mass is 79.9. The molecule has 0 aromatic heterocycles. The summed E-state index contributed by atoms with van der Waals surface area (Å²) in [6.07, 6.45) is 1.42. The summed E-state index contributed by atoms with van der Waals surface area (Å²) in [4.78, 5) is 11.9. The van der Waals surface area contributed by atoms with E-state index >= 15 is 0 Å². The number of carbonyl (C=O) groups is 1. The average molecular weight is 437 g/mol. The molecule has 0 spiro atoms. The van der Waals surface area contributed by atoms with Crippen molar-refractivity contribution < 1.29 is 24.1 Å². The van der Waals surface area contributed by atoms with Crippen LogP contribution in [-0.4, -0.2) is 38.1 Å². The van der Waals surface area contributed by atoms with Gasteiger partial charge in [0.25, 0.3) is 5.91 Å². The number of rotatable bonds is 7. The third-order valence-corrected chi connectivity index (χ3v) is 4.14. The van der Waals surface area contributed by atoms with Gasteiger partial charge in [0.05, 0.1) is 20.4 Å². The van der Waals surface area contributed by atoms with Crippen molar-refractivity contribution in [3.63, 3.8) is 0 Å². The van der Waals surface area contributed by atoms with Crippen LogP contribution in [0.25, 0.3) is 0 Å². The summed E-state index contributed by atoms with van der Waals surface area (Å²) in [7, 11) is 2.86. The number of hydrazone groups is 1. The van der Waals surface area contributed by atoms with Crippen LogP contribution in [0.5, 0.6) is 23.0 Å². The molecule has 0 aliphatic heterocycles. The van der Waals surface area contributed by atoms with E-state index in [1.165, 1.54) is 20.4 Å². The molecule has 0 atom stereocenters. The lowest BCUT2D eigenvalue weighted by atomic mass is 10.1. The van der Waals surface area contributed by atoms with Gasteiger partial charge in [-0.1, -0.05) is 15.9 Å². The number of hydrogen-bond acceptors (Lipinski definition) is 6. The molecular weight excluding hydrogens is 416 g/mol. The van der Waals surface area contributed by atoms with Crippen LogP contribution < -0.4 is 19.6 Å². The summed E-state index contributed by atoms with van der Waals surface area (Å²) in [6.45, 7) is 3.66. The standard InChI is InChI=1S/C19H21BrN2O5/c1-11-5-14(20)6-12(2)19(11)27-10-17(23)22-21-9-13-7-15(25-3)18(24)16(8-13)26-4/h5-9,24H,10H2,1-4H3,(H,22,23). The van der Waals surface area contributed by atoms with Gasteiger partial charge in [-0.15, -0.1) is 0 Å². The molecule has 0 radical (unpaired) electrons. The van der Waals surface area contributed by atoms with Gasteiger partial charge in [0, 0.05) is 10.0 Å². The van der Waals surface area contributed by atoms with Crippen LogP contribution in [0.3, 0.4) is 0 Å². The van der Waals surface area contributed by atoms with Crippen molar-refractivity contribution in [1.82, 2.24) is 5.43 Å². The molecule has 2 aromatic rings. The van der Waals surface area contributed by atoms with Crippen LogP contribution in [0.15, 0.2) is 33.8 Å². The Bertz CT molecular complexity index is 819. The molecule has 0 saturated heterocycles. The van der Waals surface area contributed by atoms with E-state index in [2.05, 4.69) is 26.5 Å². The van der Waals surface area contributed by atoms with Gasteiger partial charge < -0.3 is 19.3 Å². The molecule has 27 heavy (non-hydrogen) atoms. The fourth-order valence-corrected chi connectivity index (χ4v) is 3.15. The van der Waals surface area contributed by atoms with Gasteiger partial charge in [-0.25, -0.2) is 5.43 Å². The highest BCUT2D eigenvalue weighted by molar-refractivity contribution is 9.10. The molecule has 7 nitrogen and oxygen atoms in total. The van der Waals surface area contributed by atoms with Crippen molar-refractivity contribution in [2.24, 2.45) is 5.10 Å². The first-order valence-electron chi connectivity index (χ1n) is 8.02. The highest BCUT2D eigenvalue weighted by Crippen LogP contribution is 2.36. The third-order valence-electron chi connectivity index (χ3n) is 3.68.